The highest BCUT2D eigenvalue weighted by atomic mass is 32.1. The van der Waals surface area contributed by atoms with Gasteiger partial charge in [-0.1, -0.05) is 0 Å². The van der Waals surface area contributed by atoms with Gasteiger partial charge in [-0.15, -0.1) is 11.3 Å². The third-order valence-electron chi connectivity index (χ3n) is 2.72. The first-order valence-electron chi connectivity index (χ1n) is 5.86. The van der Waals surface area contributed by atoms with Gasteiger partial charge in [-0.05, 0) is 31.2 Å². The minimum atomic E-state index is -0.440. The Morgan fingerprint density at radius 3 is 2.25 bits per heavy atom. The van der Waals surface area contributed by atoms with Crippen LogP contribution >= 0.6 is 11.3 Å². The maximum absolute atomic E-state index is 11.8. The van der Waals surface area contributed by atoms with Crippen molar-refractivity contribution in [3.63, 3.8) is 0 Å². The van der Waals surface area contributed by atoms with Gasteiger partial charge in [0.15, 0.2) is 0 Å². The molecule has 0 fully saturated rings. The van der Waals surface area contributed by atoms with Crippen molar-refractivity contribution in [1.29, 1.82) is 0 Å². The van der Waals surface area contributed by atoms with Crippen LogP contribution in [0.5, 0.6) is 0 Å². The Morgan fingerprint density at radius 2 is 1.75 bits per heavy atom. The molecule has 0 bridgehead atoms. The van der Waals surface area contributed by atoms with Crippen molar-refractivity contribution in [2.24, 2.45) is 0 Å². The SMILES string of the molecule is COC(=O)c1ccc(C(=O)OCc2scnc2C)cc1. The van der Waals surface area contributed by atoms with Crippen LogP contribution in [-0.2, 0) is 16.1 Å². The first kappa shape index (κ1) is 14.2. The number of thiazole rings is 1. The van der Waals surface area contributed by atoms with Gasteiger partial charge in [-0.3, -0.25) is 0 Å². The van der Waals surface area contributed by atoms with Crippen LogP contribution in [0.3, 0.4) is 0 Å². The lowest BCUT2D eigenvalue weighted by molar-refractivity contribution is 0.0474. The molecule has 0 unspecified atom stereocenters. The van der Waals surface area contributed by atoms with Gasteiger partial charge in [0.25, 0.3) is 0 Å². The van der Waals surface area contributed by atoms with Gasteiger partial charge >= 0.3 is 11.9 Å². The maximum Gasteiger partial charge on any atom is 0.338 e. The summed E-state index contributed by atoms with van der Waals surface area (Å²) >= 11 is 1.45. The van der Waals surface area contributed by atoms with Gasteiger partial charge in [0, 0.05) is 0 Å². The third-order valence-corrected chi connectivity index (χ3v) is 3.63. The summed E-state index contributed by atoms with van der Waals surface area (Å²) in [6.45, 7) is 2.07. The molecule has 6 heteroatoms. The molecule has 20 heavy (non-hydrogen) atoms. The molecular weight excluding hydrogens is 278 g/mol. The number of hydrogen-bond donors (Lipinski definition) is 0. The maximum atomic E-state index is 11.8. The third kappa shape index (κ3) is 3.21. The van der Waals surface area contributed by atoms with E-state index in [-0.39, 0.29) is 6.61 Å². The summed E-state index contributed by atoms with van der Waals surface area (Å²) in [6.07, 6.45) is 0. The van der Waals surface area contributed by atoms with E-state index in [1.54, 1.807) is 5.51 Å². The fraction of sp³-hybridized carbons (Fsp3) is 0.214. The van der Waals surface area contributed by atoms with Crippen molar-refractivity contribution in [2.75, 3.05) is 7.11 Å². The topological polar surface area (TPSA) is 65.5 Å². The smallest absolute Gasteiger partial charge is 0.338 e. The molecule has 0 saturated carbocycles. The summed E-state index contributed by atoms with van der Waals surface area (Å²) in [4.78, 5) is 28.1. The van der Waals surface area contributed by atoms with Gasteiger partial charge in [-0.2, -0.15) is 0 Å². The number of aromatic nitrogens is 1. The van der Waals surface area contributed by atoms with E-state index in [0.717, 1.165) is 10.6 Å². The van der Waals surface area contributed by atoms with Gasteiger partial charge in [-0.25, -0.2) is 14.6 Å². The number of hydrogen-bond acceptors (Lipinski definition) is 6. The highest BCUT2D eigenvalue weighted by Crippen LogP contribution is 2.14. The van der Waals surface area contributed by atoms with E-state index < -0.39 is 11.9 Å². The van der Waals surface area contributed by atoms with Crippen LogP contribution in [0.1, 0.15) is 31.3 Å². The zero-order valence-electron chi connectivity index (χ0n) is 11.1. The van der Waals surface area contributed by atoms with Crippen LogP contribution in [0.15, 0.2) is 29.8 Å². The number of ether oxygens (including phenoxy) is 2. The monoisotopic (exact) mass is 291 g/mol. The molecule has 104 valence electrons. The fourth-order valence-corrected chi connectivity index (χ4v) is 2.23. The molecule has 0 saturated heterocycles. The summed E-state index contributed by atoms with van der Waals surface area (Å²) in [5, 5.41) is 0. The molecule has 1 aromatic heterocycles. The largest absolute Gasteiger partial charge is 0.465 e. The minimum absolute atomic E-state index is 0.202. The van der Waals surface area contributed by atoms with Crippen molar-refractivity contribution in [1.82, 2.24) is 4.98 Å². The Kier molecular flexibility index (Phi) is 4.47. The first-order valence-corrected chi connectivity index (χ1v) is 6.74. The van der Waals surface area contributed by atoms with Crippen LogP contribution in [0.25, 0.3) is 0 Å². The number of carbonyl (C=O) groups excluding carboxylic acids is 2. The molecule has 2 aromatic rings. The Hall–Kier alpha value is -2.21. The number of benzene rings is 1. The molecule has 0 spiro atoms. The summed E-state index contributed by atoms with van der Waals surface area (Å²) in [7, 11) is 1.31. The van der Waals surface area contributed by atoms with Crippen LogP contribution in [-0.4, -0.2) is 24.0 Å². The highest BCUT2D eigenvalue weighted by molar-refractivity contribution is 7.09. The van der Waals surface area contributed by atoms with Crippen molar-refractivity contribution in [3.05, 3.63) is 51.5 Å². The summed E-state index contributed by atoms with van der Waals surface area (Å²) < 4.78 is 9.78. The summed E-state index contributed by atoms with van der Waals surface area (Å²) in [5.41, 5.74) is 3.36. The van der Waals surface area contributed by atoms with Crippen molar-refractivity contribution in [3.8, 4) is 0 Å². The lowest BCUT2D eigenvalue weighted by Gasteiger charge is -2.04. The number of carbonyl (C=O) groups is 2. The van der Waals surface area contributed by atoms with E-state index in [1.807, 2.05) is 6.92 Å². The molecule has 0 radical (unpaired) electrons. The van der Waals surface area contributed by atoms with Crippen LogP contribution in [0.4, 0.5) is 0 Å². The second-order valence-electron chi connectivity index (χ2n) is 4.01. The molecule has 5 nitrogen and oxygen atoms in total. The Bertz CT molecular complexity index is 618. The molecular formula is C14H13NO4S. The van der Waals surface area contributed by atoms with Crippen LogP contribution < -0.4 is 0 Å². The molecule has 0 amide bonds. The summed E-state index contributed by atoms with van der Waals surface area (Å²) in [6, 6.07) is 6.13. The predicted octanol–water partition coefficient (Wildman–Crippen LogP) is 2.60. The highest BCUT2D eigenvalue weighted by Gasteiger charge is 2.11. The Balaban J connectivity index is 1.99. The van der Waals surface area contributed by atoms with Crippen LogP contribution in [0.2, 0.25) is 0 Å². The zero-order chi connectivity index (χ0) is 14.5. The predicted molar refractivity (Wildman–Crippen MR) is 73.8 cm³/mol. The van der Waals surface area contributed by atoms with Crippen molar-refractivity contribution >= 4 is 23.3 Å². The number of nitrogens with zero attached hydrogens (tertiary/aromatic N) is 1. The van der Waals surface area contributed by atoms with Gasteiger partial charge in [0.1, 0.15) is 6.61 Å². The van der Waals surface area contributed by atoms with E-state index >= 15 is 0 Å². The van der Waals surface area contributed by atoms with Crippen molar-refractivity contribution < 1.29 is 19.1 Å². The molecule has 1 aromatic carbocycles. The van der Waals surface area contributed by atoms with Crippen molar-refractivity contribution in [2.45, 2.75) is 13.5 Å². The lowest BCUT2D eigenvalue weighted by atomic mass is 10.1. The van der Waals surface area contributed by atoms with Gasteiger partial charge in [0.05, 0.1) is 34.3 Å². The number of esters is 2. The average molecular weight is 291 g/mol. The average Bonchev–Trinajstić information content (AvgIpc) is 2.89. The van der Waals surface area contributed by atoms with E-state index in [0.29, 0.717) is 11.1 Å². The molecule has 0 N–H and O–H groups in total. The standard InChI is InChI=1S/C14H13NO4S/c1-9-12(20-8-15-9)7-19-14(17)11-5-3-10(4-6-11)13(16)18-2/h3-6,8H,7H2,1-2H3. The molecule has 0 aliphatic heterocycles. The minimum Gasteiger partial charge on any atom is -0.465 e. The Labute approximate surface area is 120 Å². The van der Waals surface area contributed by atoms with E-state index in [1.165, 1.54) is 42.7 Å². The van der Waals surface area contributed by atoms with Crippen LogP contribution in [0, 0.1) is 6.92 Å². The number of methoxy groups -OCH3 is 1. The van der Waals surface area contributed by atoms with Gasteiger partial charge < -0.3 is 9.47 Å². The van der Waals surface area contributed by atoms with E-state index in [4.69, 9.17) is 4.74 Å². The molecule has 1 heterocycles. The zero-order valence-corrected chi connectivity index (χ0v) is 11.9. The fourth-order valence-electron chi connectivity index (χ4n) is 1.54. The molecule has 0 aliphatic rings. The second kappa shape index (κ2) is 6.29. The second-order valence-corrected chi connectivity index (χ2v) is 4.95. The summed E-state index contributed by atoms with van der Waals surface area (Å²) in [5.74, 6) is -0.876. The Morgan fingerprint density at radius 1 is 1.15 bits per heavy atom. The van der Waals surface area contributed by atoms with Gasteiger partial charge in [0.2, 0.25) is 0 Å². The lowest BCUT2D eigenvalue weighted by Crippen LogP contribution is -2.06. The molecule has 2 rings (SSSR count). The van der Waals surface area contributed by atoms with E-state index in [9.17, 15) is 9.59 Å². The quantitative estimate of drug-likeness (QED) is 0.810. The first-order chi connectivity index (χ1) is 9.61. The molecule has 0 aliphatic carbocycles. The molecule has 0 atom stereocenters. The normalized spacial score (nSPS) is 10.1. The van der Waals surface area contributed by atoms with E-state index in [2.05, 4.69) is 9.72 Å². The number of aryl methyl sites for hydroxylation is 1. The number of rotatable bonds is 4.